The standard InChI is InChI=1S/C15H17F3N4O3/c16-15(17,18)12-8-10(22(24)25)3-4-13(12)20-6-1-2-11(9-20)21-7-5-19-14(21)23/h3-4,8,11H,1-2,5-7,9H2,(H,19,23). The molecular weight excluding hydrogens is 341 g/mol. The first kappa shape index (κ1) is 17.3. The van der Waals surface area contributed by atoms with E-state index >= 15 is 0 Å². The van der Waals surface area contributed by atoms with Crippen LogP contribution in [0.3, 0.4) is 0 Å². The lowest BCUT2D eigenvalue weighted by Gasteiger charge is -2.39. The van der Waals surface area contributed by atoms with Crippen LogP contribution < -0.4 is 10.2 Å². The van der Waals surface area contributed by atoms with E-state index in [0.29, 0.717) is 32.1 Å². The van der Waals surface area contributed by atoms with E-state index in [1.54, 1.807) is 9.80 Å². The van der Waals surface area contributed by atoms with Crippen molar-refractivity contribution in [3.05, 3.63) is 33.9 Å². The van der Waals surface area contributed by atoms with Gasteiger partial charge in [0.25, 0.3) is 5.69 Å². The highest BCUT2D eigenvalue weighted by Crippen LogP contribution is 2.39. The van der Waals surface area contributed by atoms with E-state index in [4.69, 9.17) is 0 Å². The Kier molecular flexibility index (Phi) is 4.44. The van der Waals surface area contributed by atoms with E-state index in [1.807, 2.05) is 0 Å². The molecule has 0 bridgehead atoms. The van der Waals surface area contributed by atoms with E-state index < -0.39 is 22.4 Å². The number of nitrogens with one attached hydrogen (secondary N) is 1. The van der Waals surface area contributed by atoms with Crippen molar-refractivity contribution >= 4 is 17.4 Å². The van der Waals surface area contributed by atoms with Gasteiger partial charge in [0.2, 0.25) is 0 Å². The van der Waals surface area contributed by atoms with Gasteiger partial charge in [-0.2, -0.15) is 13.2 Å². The number of rotatable bonds is 3. The average molecular weight is 358 g/mol. The van der Waals surface area contributed by atoms with Gasteiger partial charge in [-0.25, -0.2) is 4.79 Å². The minimum Gasteiger partial charge on any atom is -0.369 e. The molecule has 0 aliphatic carbocycles. The SMILES string of the molecule is O=C1NCCN1C1CCCN(c2ccc([N+](=O)[O-])cc2C(F)(F)F)C1. The van der Waals surface area contributed by atoms with Crippen LogP contribution in [0.1, 0.15) is 18.4 Å². The lowest BCUT2D eigenvalue weighted by molar-refractivity contribution is -0.385. The Morgan fingerprint density at radius 1 is 1.28 bits per heavy atom. The summed E-state index contributed by atoms with van der Waals surface area (Å²) in [6, 6.07) is 2.42. The maximum Gasteiger partial charge on any atom is 0.418 e. The third-order valence-electron chi connectivity index (χ3n) is 4.56. The number of non-ortho nitro benzene ring substituents is 1. The highest BCUT2D eigenvalue weighted by Gasteiger charge is 2.38. The van der Waals surface area contributed by atoms with E-state index in [1.165, 1.54) is 0 Å². The van der Waals surface area contributed by atoms with Gasteiger partial charge in [0.1, 0.15) is 0 Å². The van der Waals surface area contributed by atoms with Crippen LogP contribution >= 0.6 is 0 Å². The van der Waals surface area contributed by atoms with Crippen molar-refractivity contribution in [1.82, 2.24) is 10.2 Å². The number of halogens is 3. The van der Waals surface area contributed by atoms with E-state index in [0.717, 1.165) is 18.6 Å². The van der Waals surface area contributed by atoms with Crippen LogP contribution in [0.15, 0.2) is 18.2 Å². The molecule has 2 aliphatic heterocycles. The van der Waals surface area contributed by atoms with Gasteiger partial charge in [-0.1, -0.05) is 0 Å². The number of alkyl halides is 3. The quantitative estimate of drug-likeness (QED) is 0.665. The number of hydrogen-bond acceptors (Lipinski definition) is 4. The summed E-state index contributed by atoms with van der Waals surface area (Å²) in [5.74, 6) is 0. The zero-order valence-electron chi connectivity index (χ0n) is 13.3. The Bertz CT molecular complexity index is 695. The Balaban J connectivity index is 1.89. The second-order valence-electron chi connectivity index (χ2n) is 6.12. The highest BCUT2D eigenvalue weighted by molar-refractivity contribution is 5.76. The van der Waals surface area contributed by atoms with Crippen LogP contribution in [0.25, 0.3) is 0 Å². The van der Waals surface area contributed by atoms with Gasteiger partial charge in [-0.05, 0) is 18.9 Å². The van der Waals surface area contributed by atoms with Crippen molar-refractivity contribution in [3.63, 3.8) is 0 Å². The normalized spacial score (nSPS) is 21.4. The van der Waals surface area contributed by atoms with Gasteiger partial charge < -0.3 is 15.1 Å². The third-order valence-corrected chi connectivity index (χ3v) is 4.56. The molecule has 1 aromatic rings. The summed E-state index contributed by atoms with van der Waals surface area (Å²) in [6.45, 7) is 1.74. The molecule has 0 spiro atoms. The topological polar surface area (TPSA) is 78.7 Å². The highest BCUT2D eigenvalue weighted by atomic mass is 19.4. The number of carbonyl (C=O) groups is 1. The molecule has 0 aromatic heterocycles. The maximum absolute atomic E-state index is 13.4. The van der Waals surface area contributed by atoms with Gasteiger partial charge in [0.15, 0.2) is 0 Å². The largest absolute Gasteiger partial charge is 0.418 e. The molecule has 7 nitrogen and oxygen atoms in total. The number of nitro groups is 1. The minimum absolute atomic E-state index is 0.0811. The predicted molar refractivity (Wildman–Crippen MR) is 83.4 cm³/mol. The van der Waals surface area contributed by atoms with Crippen LogP contribution in [0.2, 0.25) is 0 Å². The monoisotopic (exact) mass is 358 g/mol. The molecule has 2 fully saturated rings. The molecule has 1 unspecified atom stereocenters. The fourth-order valence-corrected chi connectivity index (χ4v) is 3.40. The molecule has 2 heterocycles. The number of piperidine rings is 1. The Labute approximate surface area is 141 Å². The fourth-order valence-electron chi connectivity index (χ4n) is 3.40. The summed E-state index contributed by atoms with van der Waals surface area (Å²) < 4.78 is 40.1. The van der Waals surface area contributed by atoms with Crippen molar-refractivity contribution < 1.29 is 22.9 Å². The first-order valence-corrected chi connectivity index (χ1v) is 7.92. The fraction of sp³-hybridized carbons (Fsp3) is 0.533. The molecule has 136 valence electrons. The molecule has 0 saturated carbocycles. The molecule has 10 heteroatoms. The summed E-state index contributed by atoms with van der Waals surface area (Å²) >= 11 is 0. The van der Waals surface area contributed by atoms with Crippen molar-refractivity contribution in [2.45, 2.75) is 25.1 Å². The first-order chi connectivity index (χ1) is 11.8. The molecule has 2 saturated heterocycles. The smallest absolute Gasteiger partial charge is 0.369 e. The van der Waals surface area contributed by atoms with Crippen molar-refractivity contribution in [2.75, 3.05) is 31.1 Å². The first-order valence-electron chi connectivity index (χ1n) is 7.92. The number of amides is 2. The van der Waals surface area contributed by atoms with E-state index in [9.17, 15) is 28.1 Å². The lowest BCUT2D eigenvalue weighted by atomic mass is 10.0. The van der Waals surface area contributed by atoms with Gasteiger partial charge in [0.05, 0.1) is 16.5 Å². The number of nitrogens with zero attached hydrogens (tertiary/aromatic N) is 3. The van der Waals surface area contributed by atoms with Gasteiger partial charge in [-0.3, -0.25) is 10.1 Å². The summed E-state index contributed by atoms with van der Waals surface area (Å²) in [6.07, 6.45) is -3.33. The minimum atomic E-state index is -4.70. The zero-order chi connectivity index (χ0) is 18.2. The Morgan fingerprint density at radius 2 is 2.04 bits per heavy atom. The molecule has 25 heavy (non-hydrogen) atoms. The molecular formula is C15H17F3N4O3. The van der Waals surface area contributed by atoms with Crippen LogP contribution in [-0.2, 0) is 6.18 Å². The average Bonchev–Trinajstić information content (AvgIpc) is 2.99. The molecule has 0 radical (unpaired) electrons. The second-order valence-corrected chi connectivity index (χ2v) is 6.12. The van der Waals surface area contributed by atoms with Gasteiger partial charge in [-0.15, -0.1) is 0 Å². The number of carbonyl (C=O) groups excluding carboxylic acids is 1. The van der Waals surface area contributed by atoms with Crippen molar-refractivity contribution in [3.8, 4) is 0 Å². The number of benzene rings is 1. The van der Waals surface area contributed by atoms with Gasteiger partial charge >= 0.3 is 12.2 Å². The summed E-state index contributed by atoms with van der Waals surface area (Å²) in [5, 5.41) is 13.5. The van der Waals surface area contributed by atoms with Crippen LogP contribution in [0.4, 0.5) is 29.3 Å². The number of anilines is 1. The van der Waals surface area contributed by atoms with Crippen LogP contribution in [0, 0.1) is 10.1 Å². The molecule has 2 amide bonds. The van der Waals surface area contributed by atoms with Crippen LogP contribution in [-0.4, -0.2) is 48.1 Å². The molecule has 1 N–H and O–H groups in total. The van der Waals surface area contributed by atoms with E-state index in [-0.39, 0.29) is 24.3 Å². The summed E-state index contributed by atoms with van der Waals surface area (Å²) in [4.78, 5) is 25.0. The Morgan fingerprint density at radius 3 is 2.64 bits per heavy atom. The maximum atomic E-state index is 13.4. The summed E-state index contributed by atoms with van der Waals surface area (Å²) in [5.41, 5.74) is -1.70. The van der Waals surface area contributed by atoms with Crippen LogP contribution in [0.5, 0.6) is 0 Å². The number of urea groups is 1. The molecule has 1 aromatic carbocycles. The molecule has 2 aliphatic rings. The predicted octanol–water partition coefficient (Wildman–Crippen LogP) is 2.61. The molecule has 1 atom stereocenters. The molecule has 3 rings (SSSR count). The second kappa shape index (κ2) is 6.41. The third kappa shape index (κ3) is 3.47. The number of nitro benzene ring substituents is 1. The van der Waals surface area contributed by atoms with E-state index in [2.05, 4.69) is 5.32 Å². The van der Waals surface area contributed by atoms with Gasteiger partial charge in [0, 0.05) is 44.0 Å². The lowest BCUT2D eigenvalue weighted by Crippen LogP contribution is -2.49. The zero-order valence-corrected chi connectivity index (χ0v) is 13.3. The number of hydrogen-bond donors (Lipinski definition) is 1. The Hall–Kier alpha value is -2.52. The summed E-state index contributed by atoms with van der Waals surface area (Å²) in [7, 11) is 0. The van der Waals surface area contributed by atoms with Crippen molar-refractivity contribution in [1.29, 1.82) is 0 Å². The van der Waals surface area contributed by atoms with Crippen molar-refractivity contribution in [2.24, 2.45) is 0 Å².